The van der Waals surface area contributed by atoms with E-state index in [9.17, 15) is 0 Å². The van der Waals surface area contributed by atoms with E-state index in [1.807, 2.05) is 24.7 Å². The smallest absolute Gasteiger partial charge is 0.142 e. The minimum Gasteiger partial charge on any atom is -0.374 e. The van der Waals surface area contributed by atoms with Crippen LogP contribution >= 0.6 is 0 Å². The first-order valence-corrected chi connectivity index (χ1v) is 8.34. The highest BCUT2D eigenvalue weighted by Gasteiger charge is 2.33. The predicted octanol–water partition coefficient (Wildman–Crippen LogP) is 2.21. The maximum Gasteiger partial charge on any atom is 0.142 e. The fourth-order valence-electron chi connectivity index (χ4n) is 3.75. The van der Waals surface area contributed by atoms with Crippen LogP contribution in [0.3, 0.4) is 0 Å². The SMILES string of the molecule is CN(C[C@@H]1CCCN(C)[C@H]1c1cncn1C)c1ccnc(C#N)c1. The Hall–Kier alpha value is -2.39. The van der Waals surface area contributed by atoms with Crippen molar-refractivity contribution in [3.8, 4) is 6.07 Å². The highest BCUT2D eigenvalue weighted by molar-refractivity contribution is 5.48. The van der Waals surface area contributed by atoms with E-state index < -0.39 is 0 Å². The molecule has 1 fully saturated rings. The van der Waals surface area contributed by atoms with Gasteiger partial charge in [0, 0.05) is 38.7 Å². The summed E-state index contributed by atoms with van der Waals surface area (Å²) < 4.78 is 2.12. The van der Waals surface area contributed by atoms with E-state index in [0.29, 0.717) is 17.7 Å². The highest BCUT2D eigenvalue weighted by atomic mass is 15.2. The molecule has 1 saturated heterocycles. The number of imidazole rings is 1. The first kappa shape index (κ1) is 16.5. The quantitative estimate of drug-likeness (QED) is 0.863. The van der Waals surface area contributed by atoms with Gasteiger partial charge in [0.25, 0.3) is 0 Å². The monoisotopic (exact) mass is 324 g/mol. The zero-order valence-corrected chi connectivity index (χ0v) is 14.6. The molecule has 2 aromatic rings. The Labute approximate surface area is 143 Å². The maximum atomic E-state index is 9.05. The van der Waals surface area contributed by atoms with Gasteiger partial charge in [0.2, 0.25) is 0 Å². The van der Waals surface area contributed by atoms with Crippen LogP contribution in [0.1, 0.15) is 30.3 Å². The summed E-state index contributed by atoms with van der Waals surface area (Å²) in [5.41, 5.74) is 2.77. The molecule has 0 radical (unpaired) electrons. The number of anilines is 1. The van der Waals surface area contributed by atoms with Gasteiger partial charge in [-0.3, -0.25) is 4.90 Å². The van der Waals surface area contributed by atoms with Crippen molar-refractivity contribution < 1.29 is 0 Å². The molecular formula is C18H24N6. The van der Waals surface area contributed by atoms with Gasteiger partial charge in [-0.1, -0.05) is 0 Å². The lowest BCUT2D eigenvalue weighted by Gasteiger charge is -2.41. The van der Waals surface area contributed by atoms with E-state index >= 15 is 0 Å². The van der Waals surface area contributed by atoms with Crippen LogP contribution < -0.4 is 4.90 Å². The third-order valence-corrected chi connectivity index (χ3v) is 4.97. The molecule has 0 N–H and O–H groups in total. The molecule has 126 valence electrons. The number of aryl methyl sites for hydroxylation is 1. The van der Waals surface area contributed by atoms with Gasteiger partial charge in [-0.05, 0) is 44.5 Å². The molecule has 0 unspecified atom stereocenters. The molecule has 0 aliphatic carbocycles. The van der Waals surface area contributed by atoms with Crippen molar-refractivity contribution in [2.24, 2.45) is 13.0 Å². The molecule has 0 bridgehead atoms. The predicted molar refractivity (Wildman–Crippen MR) is 93.5 cm³/mol. The van der Waals surface area contributed by atoms with Gasteiger partial charge in [0.05, 0.1) is 18.1 Å². The molecule has 0 aromatic carbocycles. The van der Waals surface area contributed by atoms with E-state index in [1.165, 1.54) is 18.5 Å². The summed E-state index contributed by atoms with van der Waals surface area (Å²) in [6.45, 7) is 2.05. The first-order valence-electron chi connectivity index (χ1n) is 8.34. The van der Waals surface area contributed by atoms with Gasteiger partial charge in [-0.15, -0.1) is 0 Å². The Bertz CT molecular complexity index is 731. The third kappa shape index (κ3) is 3.26. The van der Waals surface area contributed by atoms with Crippen LogP contribution in [0.5, 0.6) is 0 Å². The maximum absolute atomic E-state index is 9.05. The Kier molecular flexibility index (Phi) is 4.81. The zero-order chi connectivity index (χ0) is 17.1. The summed E-state index contributed by atoms with van der Waals surface area (Å²) in [5.74, 6) is 0.517. The summed E-state index contributed by atoms with van der Waals surface area (Å²) in [7, 11) is 6.35. The van der Waals surface area contributed by atoms with Gasteiger partial charge in [-0.25, -0.2) is 9.97 Å². The molecule has 2 aromatic heterocycles. The minimum atomic E-state index is 0.367. The standard InChI is InChI=1S/C18H24N6/c1-22-8-4-5-14(18(22)17-11-20-13-24(17)3)12-23(2)16-6-7-21-15(9-16)10-19/h6-7,9,11,13-14,18H,4-5,8,12H2,1-3H3/t14-,18+/m0/s1. The van der Waals surface area contributed by atoms with Crippen LogP contribution in [0.25, 0.3) is 0 Å². The van der Waals surface area contributed by atoms with Crippen LogP contribution in [0.4, 0.5) is 5.69 Å². The zero-order valence-electron chi connectivity index (χ0n) is 14.6. The number of nitriles is 1. The molecule has 1 aliphatic heterocycles. The van der Waals surface area contributed by atoms with Gasteiger partial charge in [0.15, 0.2) is 0 Å². The van der Waals surface area contributed by atoms with Crippen molar-refractivity contribution in [2.45, 2.75) is 18.9 Å². The Morgan fingerprint density at radius 2 is 2.25 bits per heavy atom. The second-order valence-corrected chi connectivity index (χ2v) is 6.65. The number of aromatic nitrogens is 3. The second-order valence-electron chi connectivity index (χ2n) is 6.65. The summed E-state index contributed by atoms with van der Waals surface area (Å²) in [5, 5.41) is 9.05. The lowest BCUT2D eigenvalue weighted by atomic mass is 9.87. The van der Waals surface area contributed by atoms with Crippen LogP contribution in [-0.4, -0.2) is 46.6 Å². The fourth-order valence-corrected chi connectivity index (χ4v) is 3.75. The molecule has 2 atom stereocenters. The van der Waals surface area contributed by atoms with Crippen molar-refractivity contribution in [1.82, 2.24) is 19.4 Å². The second kappa shape index (κ2) is 7.02. The molecule has 6 heteroatoms. The average molecular weight is 324 g/mol. The number of hydrogen-bond donors (Lipinski definition) is 0. The Balaban J connectivity index is 1.81. The summed E-state index contributed by atoms with van der Waals surface area (Å²) in [4.78, 5) is 13.0. The molecule has 24 heavy (non-hydrogen) atoms. The van der Waals surface area contributed by atoms with Crippen LogP contribution in [0, 0.1) is 17.2 Å². The van der Waals surface area contributed by atoms with Crippen LogP contribution in [0.15, 0.2) is 30.9 Å². The summed E-state index contributed by atoms with van der Waals surface area (Å²) in [6, 6.07) is 6.30. The van der Waals surface area contributed by atoms with E-state index in [-0.39, 0.29) is 0 Å². The highest BCUT2D eigenvalue weighted by Crippen LogP contribution is 2.35. The molecule has 0 saturated carbocycles. The number of likely N-dealkylation sites (tertiary alicyclic amines) is 1. The van der Waals surface area contributed by atoms with Crippen molar-refractivity contribution in [1.29, 1.82) is 5.26 Å². The number of nitrogens with zero attached hydrogens (tertiary/aromatic N) is 6. The largest absolute Gasteiger partial charge is 0.374 e. The molecule has 1 aliphatic rings. The van der Waals surface area contributed by atoms with Crippen LogP contribution in [0.2, 0.25) is 0 Å². The fraction of sp³-hybridized carbons (Fsp3) is 0.500. The lowest BCUT2D eigenvalue weighted by Crippen LogP contribution is -2.41. The summed E-state index contributed by atoms with van der Waals surface area (Å²) in [6.07, 6.45) is 7.97. The average Bonchev–Trinajstić information content (AvgIpc) is 3.01. The number of hydrogen-bond acceptors (Lipinski definition) is 5. The van der Waals surface area contributed by atoms with Crippen molar-refractivity contribution >= 4 is 5.69 Å². The summed E-state index contributed by atoms with van der Waals surface area (Å²) >= 11 is 0. The molecule has 0 spiro atoms. The molecule has 6 nitrogen and oxygen atoms in total. The van der Waals surface area contributed by atoms with E-state index in [2.05, 4.69) is 51.5 Å². The molecule has 3 heterocycles. The van der Waals surface area contributed by atoms with Gasteiger partial charge in [-0.2, -0.15) is 5.26 Å². The Morgan fingerprint density at radius 1 is 1.42 bits per heavy atom. The van der Waals surface area contributed by atoms with E-state index in [4.69, 9.17) is 5.26 Å². The van der Waals surface area contributed by atoms with Crippen molar-refractivity contribution in [3.05, 3.63) is 42.2 Å². The van der Waals surface area contributed by atoms with E-state index in [1.54, 1.807) is 6.20 Å². The topological polar surface area (TPSA) is 61.0 Å². The number of pyridine rings is 1. The molecule has 3 rings (SSSR count). The van der Waals surface area contributed by atoms with Crippen molar-refractivity contribution in [3.63, 3.8) is 0 Å². The third-order valence-electron chi connectivity index (χ3n) is 4.97. The lowest BCUT2D eigenvalue weighted by molar-refractivity contribution is 0.119. The number of rotatable bonds is 4. The van der Waals surface area contributed by atoms with Gasteiger partial charge >= 0.3 is 0 Å². The Morgan fingerprint density at radius 3 is 2.96 bits per heavy atom. The molecular weight excluding hydrogens is 300 g/mol. The first-order chi connectivity index (χ1) is 11.6. The normalized spacial score (nSPS) is 21.4. The van der Waals surface area contributed by atoms with Gasteiger partial charge < -0.3 is 9.47 Å². The molecule has 0 amide bonds. The van der Waals surface area contributed by atoms with E-state index in [0.717, 1.165) is 18.8 Å². The van der Waals surface area contributed by atoms with Crippen molar-refractivity contribution in [2.75, 3.05) is 32.1 Å². The van der Waals surface area contributed by atoms with Crippen LogP contribution in [-0.2, 0) is 7.05 Å². The number of piperidine rings is 1. The minimum absolute atomic E-state index is 0.367. The van der Waals surface area contributed by atoms with Gasteiger partial charge in [0.1, 0.15) is 11.8 Å².